The maximum atomic E-state index is 12.4. The lowest BCUT2D eigenvalue weighted by atomic mass is 9.78. The molecule has 2 heterocycles. The number of rotatable bonds is 4. The predicted molar refractivity (Wildman–Crippen MR) is 72.3 cm³/mol. The summed E-state index contributed by atoms with van der Waals surface area (Å²) >= 11 is 0. The van der Waals surface area contributed by atoms with Crippen LogP contribution in [0.15, 0.2) is 0 Å². The van der Waals surface area contributed by atoms with E-state index in [1.54, 1.807) is 0 Å². The molecular weight excluding hydrogens is 224 g/mol. The van der Waals surface area contributed by atoms with Crippen LogP contribution in [0.25, 0.3) is 0 Å². The zero-order valence-electron chi connectivity index (χ0n) is 11.4. The SMILES string of the molecule is O=C(CCC1CCNC1)N1CCCC1C1CCC1. The van der Waals surface area contributed by atoms with E-state index in [0.717, 1.165) is 44.3 Å². The zero-order chi connectivity index (χ0) is 12.4. The molecule has 0 aromatic heterocycles. The van der Waals surface area contributed by atoms with Crippen LogP contribution in [0, 0.1) is 11.8 Å². The van der Waals surface area contributed by atoms with Gasteiger partial charge in [0.25, 0.3) is 0 Å². The molecule has 2 aliphatic heterocycles. The molecule has 1 amide bonds. The van der Waals surface area contributed by atoms with Gasteiger partial charge >= 0.3 is 0 Å². The number of hydrogen-bond donors (Lipinski definition) is 1. The molecule has 1 N–H and O–H groups in total. The quantitative estimate of drug-likeness (QED) is 0.829. The maximum Gasteiger partial charge on any atom is 0.222 e. The third kappa shape index (κ3) is 2.56. The van der Waals surface area contributed by atoms with Crippen LogP contribution in [0.5, 0.6) is 0 Å². The Morgan fingerprint density at radius 1 is 1.17 bits per heavy atom. The van der Waals surface area contributed by atoms with E-state index in [2.05, 4.69) is 10.2 Å². The molecule has 2 atom stereocenters. The largest absolute Gasteiger partial charge is 0.339 e. The van der Waals surface area contributed by atoms with Gasteiger partial charge in [-0.1, -0.05) is 6.42 Å². The molecular formula is C15H26N2O. The lowest BCUT2D eigenvalue weighted by Gasteiger charge is -2.37. The minimum Gasteiger partial charge on any atom is -0.339 e. The average molecular weight is 250 g/mol. The second-order valence-corrected chi connectivity index (χ2v) is 6.39. The fourth-order valence-corrected chi connectivity index (χ4v) is 3.85. The van der Waals surface area contributed by atoms with Crippen molar-refractivity contribution >= 4 is 5.91 Å². The fraction of sp³-hybridized carbons (Fsp3) is 0.933. The van der Waals surface area contributed by atoms with Crippen molar-refractivity contribution in [3.63, 3.8) is 0 Å². The molecule has 0 spiro atoms. The first-order valence-corrected chi connectivity index (χ1v) is 7.85. The van der Waals surface area contributed by atoms with E-state index >= 15 is 0 Å². The molecule has 1 saturated carbocycles. The second kappa shape index (κ2) is 5.60. The molecule has 2 saturated heterocycles. The van der Waals surface area contributed by atoms with Gasteiger partial charge in [0.05, 0.1) is 0 Å². The normalized spacial score (nSPS) is 32.8. The Morgan fingerprint density at radius 2 is 2.06 bits per heavy atom. The molecule has 2 unspecified atom stereocenters. The van der Waals surface area contributed by atoms with Crippen LogP contribution >= 0.6 is 0 Å². The molecule has 1 aliphatic carbocycles. The van der Waals surface area contributed by atoms with Gasteiger partial charge < -0.3 is 10.2 Å². The van der Waals surface area contributed by atoms with Crippen molar-refractivity contribution in [3.05, 3.63) is 0 Å². The summed E-state index contributed by atoms with van der Waals surface area (Å²) in [6.07, 6.45) is 9.76. The van der Waals surface area contributed by atoms with E-state index in [4.69, 9.17) is 0 Å². The Balaban J connectivity index is 1.47. The molecule has 3 fully saturated rings. The first-order valence-electron chi connectivity index (χ1n) is 7.85. The smallest absolute Gasteiger partial charge is 0.222 e. The maximum absolute atomic E-state index is 12.4. The Bertz CT molecular complexity index is 295. The molecule has 18 heavy (non-hydrogen) atoms. The fourth-order valence-electron chi connectivity index (χ4n) is 3.85. The van der Waals surface area contributed by atoms with Crippen LogP contribution in [0.3, 0.4) is 0 Å². The number of likely N-dealkylation sites (tertiary alicyclic amines) is 1. The van der Waals surface area contributed by atoms with Crippen molar-refractivity contribution in [2.75, 3.05) is 19.6 Å². The topological polar surface area (TPSA) is 32.3 Å². The highest BCUT2D eigenvalue weighted by Gasteiger charge is 2.37. The van der Waals surface area contributed by atoms with Crippen LogP contribution < -0.4 is 5.32 Å². The standard InChI is InChI=1S/C15H26N2O/c18-15(7-6-12-8-9-16-11-12)17-10-2-5-14(17)13-3-1-4-13/h12-14,16H,1-11H2. The van der Waals surface area contributed by atoms with Gasteiger partial charge in [-0.2, -0.15) is 0 Å². The molecule has 0 aromatic rings. The lowest BCUT2D eigenvalue weighted by molar-refractivity contribution is -0.133. The lowest BCUT2D eigenvalue weighted by Crippen LogP contribution is -2.42. The summed E-state index contributed by atoms with van der Waals surface area (Å²) in [5.74, 6) is 2.03. The second-order valence-electron chi connectivity index (χ2n) is 6.39. The zero-order valence-corrected chi connectivity index (χ0v) is 11.4. The van der Waals surface area contributed by atoms with Gasteiger partial charge in [-0.25, -0.2) is 0 Å². The number of nitrogens with zero attached hydrogens (tertiary/aromatic N) is 1. The Hall–Kier alpha value is -0.570. The van der Waals surface area contributed by atoms with Crippen molar-refractivity contribution < 1.29 is 4.79 Å². The van der Waals surface area contributed by atoms with E-state index < -0.39 is 0 Å². The molecule has 3 heteroatoms. The highest BCUT2D eigenvalue weighted by atomic mass is 16.2. The van der Waals surface area contributed by atoms with Gasteiger partial charge in [0, 0.05) is 19.0 Å². The van der Waals surface area contributed by atoms with E-state index in [-0.39, 0.29) is 0 Å². The van der Waals surface area contributed by atoms with Crippen LogP contribution in [-0.2, 0) is 4.79 Å². The molecule has 3 nitrogen and oxygen atoms in total. The van der Waals surface area contributed by atoms with Crippen LogP contribution in [-0.4, -0.2) is 36.5 Å². The highest BCUT2D eigenvalue weighted by Crippen LogP contribution is 2.37. The molecule has 0 radical (unpaired) electrons. The number of nitrogens with one attached hydrogen (secondary N) is 1. The number of hydrogen-bond acceptors (Lipinski definition) is 2. The number of amides is 1. The summed E-state index contributed by atoms with van der Waals surface area (Å²) in [5.41, 5.74) is 0. The van der Waals surface area contributed by atoms with Crippen molar-refractivity contribution in [2.45, 2.75) is 57.4 Å². The van der Waals surface area contributed by atoms with Gasteiger partial charge in [0.15, 0.2) is 0 Å². The Morgan fingerprint density at radius 3 is 2.72 bits per heavy atom. The van der Waals surface area contributed by atoms with E-state index in [1.807, 2.05) is 0 Å². The minimum absolute atomic E-state index is 0.441. The monoisotopic (exact) mass is 250 g/mol. The van der Waals surface area contributed by atoms with Gasteiger partial charge in [-0.15, -0.1) is 0 Å². The van der Waals surface area contributed by atoms with Gasteiger partial charge in [0.1, 0.15) is 0 Å². The third-order valence-electron chi connectivity index (χ3n) is 5.24. The summed E-state index contributed by atoms with van der Waals surface area (Å²) < 4.78 is 0. The molecule has 0 aromatic carbocycles. The van der Waals surface area contributed by atoms with Gasteiger partial charge in [-0.3, -0.25) is 4.79 Å². The third-order valence-corrected chi connectivity index (χ3v) is 5.24. The van der Waals surface area contributed by atoms with Crippen LogP contribution in [0.2, 0.25) is 0 Å². The van der Waals surface area contributed by atoms with Crippen LogP contribution in [0.4, 0.5) is 0 Å². The summed E-state index contributed by atoms with van der Waals surface area (Å²) in [4.78, 5) is 14.6. The predicted octanol–water partition coefficient (Wildman–Crippen LogP) is 2.17. The Kier molecular flexibility index (Phi) is 3.88. The van der Waals surface area contributed by atoms with E-state index in [9.17, 15) is 4.79 Å². The number of carbonyl (C=O) groups excluding carboxylic acids is 1. The van der Waals surface area contributed by atoms with Gasteiger partial charge in [0.2, 0.25) is 5.91 Å². The van der Waals surface area contributed by atoms with Crippen molar-refractivity contribution in [1.29, 1.82) is 0 Å². The summed E-state index contributed by atoms with van der Waals surface area (Å²) in [6.45, 7) is 3.30. The van der Waals surface area contributed by atoms with Crippen molar-refractivity contribution in [2.24, 2.45) is 11.8 Å². The highest BCUT2D eigenvalue weighted by molar-refractivity contribution is 5.76. The van der Waals surface area contributed by atoms with Crippen molar-refractivity contribution in [3.8, 4) is 0 Å². The molecule has 0 bridgehead atoms. The summed E-state index contributed by atoms with van der Waals surface area (Å²) in [7, 11) is 0. The minimum atomic E-state index is 0.441. The molecule has 102 valence electrons. The first-order chi connectivity index (χ1) is 8.84. The summed E-state index contributed by atoms with van der Waals surface area (Å²) in [6, 6.07) is 0.605. The van der Waals surface area contributed by atoms with E-state index in [1.165, 1.54) is 38.5 Å². The molecule has 3 rings (SSSR count). The molecule has 3 aliphatic rings. The van der Waals surface area contributed by atoms with Gasteiger partial charge in [-0.05, 0) is 63.5 Å². The average Bonchev–Trinajstić information content (AvgIpc) is 2.94. The number of carbonyl (C=O) groups is 1. The first kappa shape index (κ1) is 12.5. The van der Waals surface area contributed by atoms with E-state index in [0.29, 0.717) is 11.9 Å². The Labute approximate surface area is 110 Å². The van der Waals surface area contributed by atoms with Crippen molar-refractivity contribution in [1.82, 2.24) is 10.2 Å². The van der Waals surface area contributed by atoms with Crippen LogP contribution in [0.1, 0.15) is 51.4 Å². The summed E-state index contributed by atoms with van der Waals surface area (Å²) in [5, 5.41) is 3.39.